The van der Waals surface area contributed by atoms with Gasteiger partial charge < -0.3 is 14.9 Å². The molecule has 4 atom stereocenters. The zero-order valence-corrected chi connectivity index (χ0v) is 9.96. The second-order valence-electron chi connectivity index (χ2n) is 4.84. The maximum Gasteiger partial charge on any atom is 0.351 e. The zero-order chi connectivity index (χ0) is 13.3. The summed E-state index contributed by atoms with van der Waals surface area (Å²) >= 11 is 0. The van der Waals surface area contributed by atoms with Crippen LogP contribution in [0.5, 0.6) is 0 Å². The fourth-order valence-electron chi connectivity index (χ4n) is 2.74. The maximum absolute atomic E-state index is 12.1. The first-order valence-electron chi connectivity index (χ1n) is 5.92. The van der Waals surface area contributed by atoms with Crippen molar-refractivity contribution in [2.75, 3.05) is 0 Å². The Labute approximate surface area is 106 Å². The Morgan fingerprint density at radius 2 is 2.16 bits per heavy atom. The minimum Gasteiger partial charge on any atom is -0.387 e. The summed E-state index contributed by atoms with van der Waals surface area (Å²) in [7, 11) is 0. The fraction of sp³-hybridized carbons (Fsp3) is 0.600. The van der Waals surface area contributed by atoms with E-state index in [1.807, 2.05) is 0 Å². The van der Waals surface area contributed by atoms with Gasteiger partial charge in [0.1, 0.15) is 18.3 Å². The zero-order valence-electron chi connectivity index (χ0n) is 9.96. The van der Waals surface area contributed by atoms with Crippen LogP contribution in [0.15, 0.2) is 4.79 Å². The molecule has 100 valence electrons. The number of hydrogen-bond donors (Lipinski definition) is 2. The molecule has 1 saturated heterocycles. The van der Waals surface area contributed by atoms with Crippen LogP contribution in [0.4, 0.5) is 0 Å². The van der Waals surface area contributed by atoms with E-state index >= 15 is 0 Å². The Balaban J connectivity index is 2.11. The van der Waals surface area contributed by atoms with E-state index in [0.717, 1.165) is 0 Å². The number of rotatable bonds is 0. The van der Waals surface area contributed by atoms with E-state index in [1.165, 1.54) is 9.25 Å². The Morgan fingerprint density at radius 3 is 2.95 bits per heavy atom. The maximum atomic E-state index is 12.1. The fourth-order valence-corrected chi connectivity index (χ4v) is 2.74. The molecule has 0 amide bonds. The normalized spacial score (nSPS) is 32.8. The Bertz CT molecular complexity index is 737. The van der Waals surface area contributed by atoms with Crippen molar-refractivity contribution in [1.82, 2.24) is 24.5 Å². The van der Waals surface area contributed by atoms with Gasteiger partial charge in [0.25, 0.3) is 0 Å². The van der Waals surface area contributed by atoms with Crippen molar-refractivity contribution < 1.29 is 14.9 Å². The molecule has 0 spiro atoms. The summed E-state index contributed by atoms with van der Waals surface area (Å²) in [5.41, 5.74) is 0.899. The number of nitrogens with zero attached hydrogens (tertiary/aromatic N) is 5. The topological polar surface area (TPSA) is 115 Å². The third-order valence-electron chi connectivity index (χ3n) is 3.69. The number of ether oxygens (including phenoxy) is 1. The molecule has 0 aromatic carbocycles. The Kier molecular flexibility index (Phi) is 1.96. The summed E-state index contributed by atoms with van der Waals surface area (Å²) in [5.74, 6) is 0. The highest BCUT2D eigenvalue weighted by Crippen LogP contribution is 2.34. The molecular formula is C10H11N5O4. The van der Waals surface area contributed by atoms with Gasteiger partial charge in [-0.15, -0.1) is 5.10 Å². The van der Waals surface area contributed by atoms with Crippen LogP contribution in [0.3, 0.4) is 0 Å². The lowest BCUT2D eigenvalue weighted by Gasteiger charge is -2.19. The molecule has 2 aliphatic heterocycles. The standard InChI is InChI=1S/C10H11N5O4/c1-3-5-8-14(13-12-5)2-4-6(16)7(17)9(19-4)15(8)10(18)11-3/h4,6-7,9,16-17H,2H2,1H3/t4-,6+,7?,9-/m1/s1. The lowest BCUT2D eigenvalue weighted by molar-refractivity contribution is -0.0358. The van der Waals surface area contributed by atoms with Gasteiger partial charge in [0.2, 0.25) is 0 Å². The van der Waals surface area contributed by atoms with Gasteiger partial charge in [-0.2, -0.15) is 4.98 Å². The first-order chi connectivity index (χ1) is 9.08. The second kappa shape index (κ2) is 3.38. The summed E-state index contributed by atoms with van der Waals surface area (Å²) in [5, 5.41) is 27.8. The molecule has 0 radical (unpaired) electrons. The monoisotopic (exact) mass is 265 g/mol. The van der Waals surface area contributed by atoms with E-state index in [2.05, 4.69) is 15.3 Å². The quantitative estimate of drug-likeness (QED) is 0.562. The molecule has 1 fully saturated rings. The molecule has 2 aromatic rings. The van der Waals surface area contributed by atoms with Crippen molar-refractivity contribution in [1.29, 1.82) is 0 Å². The molecule has 2 bridgehead atoms. The van der Waals surface area contributed by atoms with Gasteiger partial charge in [0.05, 0.1) is 12.2 Å². The first kappa shape index (κ1) is 11.0. The van der Waals surface area contributed by atoms with E-state index < -0.39 is 30.2 Å². The molecular weight excluding hydrogens is 254 g/mol. The smallest absolute Gasteiger partial charge is 0.351 e. The number of aryl methyl sites for hydroxylation is 1. The van der Waals surface area contributed by atoms with Crippen LogP contribution >= 0.6 is 0 Å². The van der Waals surface area contributed by atoms with Crippen LogP contribution in [-0.2, 0) is 11.3 Å². The molecule has 9 nitrogen and oxygen atoms in total. The van der Waals surface area contributed by atoms with E-state index in [4.69, 9.17) is 4.74 Å². The van der Waals surface area contributed by atoms with Crippen LogP contribution in [-0.4, -0.2) is 53.1 Å². The van der Waals surface area contributed by atoms with Gasteiger partial charge in [0, 0.05) is 0 Å². The summed E-state index contributed by atoms with van der Waals surface area (Å²) in [6, 6.07) is 0. The third-order valence-corrected chi connectivity index (χ3v) is 3.69. The van der Waals surface area contributed by atoms with E-state index in [-0.39, 0.29) is 6.54 Å². The predicted octanol–water partition coefficient (Wildman–Crippen LogP) is -2.07. The van der Waals surface area contributed by atoms with Crippen LogP contribution < -0.4 is 5.69 Å². The summed E-state index contributed by atoms with van der Waals surface area (Å²) < 4.78 is 8.25. The van der Waals surface area contributed by atoms with E-state index in [0.29, 0.717) is 16.9 Å². The molecule has 9 heteroatoms. The van der Waals surface area contributed by atoms with Crippen molar-refractivity contribution in [3.8, 4) is 0 Å². The van der Waals surface area contributed by atoms with Crippen LogP contribution in [0.2, 0.25) is 0 Å². The highest BCUT2D eigenvalue weighted by Gasteiger charge is 2.47. The molecule has 2 aliphatic rings. The highest BCUT2D eigenvalue weighted by molar-refractivity contribution is 5.72. The molecule has 4 heterocycles. The van der Waals surface area contributed by atoms with Gasteiger partial charge in [-0.1, -0.05) is 5.21 Å². The van der Waals surface area contributed by atoms with Crippen molar-refractivity contribution in [3.63, 3.8) is 0 Å². The van der Waals surface area contributed by atoms with Crippen LogP contribution in [0.1, 0.15) is 11.9 Å². The Morgan fingerprint density at radius 1 is 1.37 bits per heavy atom. The molecule has 2 aromatic heterocycles. The van der Waals surface area contributed by atoms with Gasteiger partial charge in [-0.25, -0.2) is 14.0 Å². The molecule has 1 unspecified atom stereocenters. The summed E-state index contributed by atoms with van der Waals surface area (Å²) in [6.45, 7) is 1.91. The van der Waals surface area contributed by atoms with Crippen molar-refractivity contribution >= 4 is 11.2 Å². The summed E-state index contributed by atoms with van der Waals surface area (Å²) in [4.78, 5) is 15.9. The molecule has 19 heavy (non-hydrogen) atoms. The average Bonchev–Trinajstić information content (AvgIpc) is 2.82. The minimum atomic E-state index is -1.17. The van der Waals surface area contributed by atoms with Gasteiger partial charge in [-0.05, 0) is 6.92 Å². The second-order valence-corrected chi connectivity index (χ2v) is 4.84. The molecule has 4 rings (SSSR count). The number of hydrogen-bond acceptors (Lipinski definition) is 7. The summed E-state index contributed by atoms with van der Waals surface area (Å²) in [6.07, 6.45) is -3.81. The van der Waals surface area contributed by atoms with Gasteiger partial charge in [-0.3, -0.25) is 0 Å². The largest absolute Gasteiger partial charge is 0.387 e. The van der Waals surface area contributed by atoms with E-state index in [9.17, 15) is 15.0 Å². The number of aromatic nitrogens is 5. The van der Waals surface area contributed by atoms with E-state index in [1.54, 1.807) is 6.92 Å². The van der Waals surface area contributed by atoms with Crippen LogP contribution in [0, 0.1) is 6.92 Å². The molecule has 0 saturated carbocycles. The van der Waals surface area contributed by atoms with Crippen molar-refractivity contribution in [2.45, 2.75) is 38.0 Å². The molecule has 0 aliphatic carbocycles. The Hall–Kier alpha value is -1.84. The minimum absolute atomic E-state index is 0.230. The molecule has 2 N–H and O–H groups in total. The number of aliphatic hydroxyl groups excluding tert-OH is 2. The average molecular weight is 265 g/mol. The van der Waals surface area contributed by atoms with Gasteiger partial charge in [0.15, 0.2) is 17.4 Å². The SMILES string of the molecule is Cc1nc(=O)n2c3c1nnn3C[C@H]1O[C@@H]2C(O)[C@H]1O. The lowest BCUT2D eigenvalue weighted by atomic mass is 10.1. The van der Waals surface area contributed by atoms with Crippen molar-refractivity contribution in [2.24, 2.45) is 0 Å². The number of aliphatic hydroxyl groups is 2. The lowest BCUT2D eigenvalue weighted by Crippen LogP contribution is -2.39. The third kappa shape index (κ3) is 1.24. The number of fused-ring (bicyclic) bond motifs is 3. The van der Waals surface area contributed by atoms with Gasteiger partial charge >= 0.3 is 5.69 Å². The highest BCUT2D eigenvalue weighted by atomic mass is 16.6. The van der Waals surface area contributed by atoms with Crippen LogP contribution in [0.25, 0.3) is 11.2 Å². The van der Waals surface area contributed by atoms with Crippen molar-refractivity contribution in [3.05, 3.63) is 16.2 Å². The predicted molar refractivity (Wildman–Crippen MR) is 60.2 cm³/mol. The first-order valence-corrected chi connectivity index (χ1v) is 5.92.